The number of hydrogen-bond acceptors (Lipinski definition) is 4. The van der Waals surface area contributed by atoms with Gasteiger partial charge in [-0.15, -0.1) is 0 Å². The van der Waals surface area contributed by atoms with Crippen LogP contribution in [0.15, 0.2) is 47.5 Å². The van der Waals surface area contributed by atoms with Gasteiger partial charge in [0.25, 0.3) is 5.56 Å². The number of benzene rings is 1. The van der Waals surface area contributed by atoms with Gasteiger partial charge in [0, 0.05) is 17.1 Å². The molecular formula is C17H11F3N4O2. The molecule has 0 aliphatic heterocycles. The molecule has 6 nitrogen and oxygen atoms in total. The fraction of sp³-hybridized carbons (Fsp3) is 0.118. The van der Waals surface area contributed by atoms with Crippen LogP contribution < -0.4 is 5.56 Å². The second-order valence-electron chi connectivity index (χ2n) is 5.77. The third-order valence-corrected chi connectivity index (χ3v) is 4.07. The maximum absolute atomic E-state index is 13.0. The highest BCUT2D eigenvalue weighted by atomic mass is 19.4. The largest absolute Gasteiger partial charge is 0.506 e. The SMILES string of the molecule is O=c1c2cn[nH]c2c2ccc(-c3ncccc3O)cc2n1CC(F)(F)F. The summed E-state index contributed by atoms with van der Waals surface area (Å²) in [5.41, 5.74) is 0.253. The zero-order chi connectivity index (χ0) is 18.5. The van der Waals surface area contributed by atoms with Crippen molar-refractivity contribution in [3.05, 3.63) is 53.1 Å². The van der Waals surface area contributed by atoms with E-state index in [-0.39, 0.29) is 22.3 Å². The van der Waals surface area contributed by atoms with E-state index >= 15 is 0 Å². The van der Waals surface area contributed by atoms with E-state index in [1.165, 1.54) is 30.6 Å². The van der Waals surface area contributed by atoms with Crippen molar-refractivity contribution >= 4 is 21.8 Å². The molecule has 132 valence electrons. The van der Waals surface area contributed by atoms with Gasteiger partial charge in [0.2, 0.25) is 0 Å². The van der Waals surface area contributed by atoms with Gasteiger partial charge in [-0.3, -0.25) is 19.4 Å². The van der Waals surface area contributed by atoms with Crippen LogP contribution >= 0.6 is 0 Å². The van der Waals surface area contributed by atoms with E-state index in [1.807, 2.05) is 0 Å². The minimum Gasteiger partial charge on any atom is -0.506 e. The minimum absolute atomic E-state index is 0.0756. The average Bonchev–Trinajstić information content (AvgIpc) is 3.08. The van der Waals surface area contributed by atoms with Crippen molar-refractivity contribution in [2.45, 2.75) is 12.7 Å². The van der Waals surface area contributed by atoms with Crippen LogP contribution in [-0.2, 0) is 6.54 Å². The average molecular weight is 360 g/mol. The van der Waals surface area contributed by atoms with Crippen LogP contribution in [0.2, 0.25) is 0 Å². The third-order valence-electron chi connectivity index (χ3n) is 4.07. The monoisotopic (exact) mass is 360 g/mol. The third kappa shape index (κ3) is 2.57. The number of nitrogens with one attached hydrogen (secondary N) is 1. The molecule has 4 aromatic rings. The van der Waals surface area contributed by atoms with Crippen LogP contribution in [0.5, 0.6) is 5.75 Å². The number of fused-ring (bicyclic) bond motifs is 3. The quantitative estimate of drug-likeness (QED) is 0.575. The number of aromatic nitrogens is 4. The minimum atomic E-state index is -4.57. The Bertz CT molecular complexity index is 1190. The first-order valence-electron chi connectivity index (χ1n) is 7.56. The Balaban J connectivity index is 2.08. The van der Waals surface area contributed by atoms with Crippen molar-refractivity contribution < 1.29 is 18.3 Å². The van der Waals surface area contributed by atoms with Crippen LogP contribution in [0.1, 0.15) is 0 Å². The molecule has 0 spiro atoms. The zero-order valence-corrected chi connectivity index (χ0v) is 13.1. The Morgan fingerprint density at radius 1 is 1.19 bits per heavy atom. The van der Waals surface area contributed by atoms with Crippen molar-refractivity contribution in [1.82, 2.24) is 19.7 Å². The van der Waals surface area contributed by atoms with E-state index in [1.54, 1.807) is 12.1 Å². The number of pyridine rings is 2. The molecule has 0 saturated heterocycles. The molecule has 1 aromatic carbocycles. The fourth-order valence-corrected chi connectivity index (χ4v) is 2.98. The summed E-state index contributed by atoms with van der Waals surface area (Å²) < 4.78 is 39.7. The van der Waals surface area contributed by atoms with E-state index < -0.39 is 18.3 Å². The molecule has 4 rings (SSSR count). The molecule has 0 atom stereocenters. The number of rotatable bonds is 2. The number of aromatic amines is 1. The van der Waals surface area contributed by atoms with Gasteiger partial charge in [0.15, 0.2) is 0 Å². The summed E-state index contributed by atoms with van der Waals surface area (Å²) in [6, 6.07) is 7.56. The summed E-state index contributed by atoms with van der Waals surface area (Å²) in [6.07, 6.45) is -1.90. The van der Waals surface area contributed by atoms with Gasteiger partial charge >= 0.3 is 6.18 Å². The van der Waals surface area contributed by atoms with E-state index in [0.717, 1.165) is 0 Å². The van der Waals surface area contributed by atoms with Crippen LogP contribution in [0, 0.1) is 0 Å². The van der Waals surface area contributed by atoms with Crippen LogP contribution in [0.25, 0.3) is 33.1 Å². The Kier molecular flexibility index (Phi) is 3.46. The summed E-state index contributed by atoms with van der Waals surface area (Å²) in [6.45, 7) is -1.43. The van der Waals surface area contributed by atoms with Crippen molar-refractivity contribution in [2.24, 2.45) is 0 Å². The fourth-order valence-electron chi connectivity index (χ4n) is 2.98. The van der Waals surface area contributed by atoms with Crippen molar-refractivity contribution in [3.8, 4) is 17.0 Å². The molecule has 0 aliphatic carbocycles. The van der Waals surface area contributed by atoms with Gasteiger partial charge < -0.3 is 5.11 Å². The number of alkyl halides is 3. The van der Waals surface area contributed by atoms with E-state index in [9.17, 15) is 23.1 Å². The summed E-state index contributed by atoms with van der Waals surface area (Å²) in [4.78, 5) is 16.6. The van der Waals surface area contributed by atoms with Gasteiger partial charge in [0.05, 0.1) is 22.6 Å². The smallest absolute Gasteiger partial charge is 0.406 e. The van der Waals surface area contributed by atoms with Gasteiger partial charge in [-0.25, -0.2) is 0 Å². The number of hydrogen-bond donors (Lipinski definition) is 2. The summed E-state index contributed by atoms with van der Waals surface area (Å²) >= 11 is 0. The number of H-pyrrole nitrogens is 1. The lowest BCUT2D eigenvalue weighted by atomic mass is 10.1. The number of halogens is 3. The molecule has 0 radical (unpaired) electrons. The predicted molar refractivity (Wildman–Crippen MR) is 88.8 cm³/mol. The highest BCUT2D eigenvalue weighted by Gasteiger charge is 2.30. The van der Waals surface area contributed by atoms with Crippen LogP contribution in [0.4, 0.5) is 13.2 Å². The maximum Gasteiger partial charge on any atom is 0.406 e. The van der Waals surface area contributed by atoms with E-state index in [4.69, 9.17) is 0 Å². The highest BCUT2D eigenvalue weighted by molar-refractivity contribution is 6.04. The molecule has 0 amide bonds. The molecule has 3 heterocycles. The van der Waals surface area contributed by atoms with Crippen molar-refractivity contribution in [3.63, 3.8) is 0 Å². The number of nitrogens with zero attached hydrogens (tertiary/aromatic N) is 3. The standard InChI is InChI=1S/C17H11F3N4O2/c18-17(19,20)8-24-12-6-9(14-13(25)2-1-5-21-14)3-4-10(12)15-11(16(24)26)7-22-23-15/h1-7,25H,8H2,(H,22,23). The molecule has 3 aromatic heterocycles. The topological polar surface area (TPSA) is 83.8 Å². The maximum atomic E-state index is 13.0. The zero-order valence-electron chi connectivity index (χ0n) is 13.1. The molecule has 26 heavy (non-hydrogen) atoms. The molecule has 0 unspecified atom stereocenters. The molecule has 2 N–H and O–H groups in total. The molecule has 0 saturated carbocycles. The Morgan fingerprint density at radius 3 is 2.73 bits per heavy atom. The Morgan fingerprint density at radius 2 is 2.00 bits per heavy atom. The van der Waals surface area contributed by atoms with Crippen molar-refractivity contribution in [1.29, 1.82) is 0 Å². The van der Waals surface area contributed by atoms with Gasteiger partial charge in [0.1, 0.15) is 18.0 Å². The second kappa shape index (κ2) is 5.58. The molecule has 9 heteroatoms. The van der Waals surface area contributed by atoms with E-state index in [0.29, 0.717) is 21.0 Å². The Hall–Kier alpha value is -3.36. The van der Waals surface area contributed by atoms with Crippen molar-refractivity contribution in [2.75, 3.05) is 0 Å². The summed E-state index contributed by atoms with van der Waals surface area (Å²) in [7, 11) is 0. The summed E-state index contributed by atoms with van der Waals surface area (Å²) in [5, 5.41) is 16.9. The first-order chi connectivity index (χ1) is 12.3. The first kappa shape index (κ1) is 16.1. The molecule has 0 fully saturated rings. The molecule has 0 bridgehead atoms. The van der Waals surface area contributed by atoms with Crippen LogP contribution in [-0.4, -0.2) is 31.0 Å². The summed E-state index contributed by atoms with van der Waals surface area (Å²) in [5.74, 6) is -0.112. The molecular weight excluding hydrogens is 349 g/mol. The lowest BCUT2D eigenvalue weighted by Gasteiger charge is -2.14. The first-order valence-corrected chi connectivity index (χ1v) is 7.56. The second-order valence-corrected chi connectivity index (χ2v) is 5.77. The van der Waals surface area contributed by atoms with Gasteiger partial charge in [-0.1, -0.05) is 12.1 Å². The number of aromatic hydroxyl groups is 1. The molecule has 0 aliphatic rings. The lowest BCUT2D eigenvalue weighted by molar-refractivity contribution is -0.140. The Labute approximate surface area is 143 Å². The predicted octanol–water partition coefficient (Wildman–Crippen LogP) is 3.21. The lowest BCUT2D eigenvalue weighted by Crippen LogP contribution is -2.28. The van der Waals surface area contributed by atoms with Gasteiger partial charge in [-0.05, 0) is 18.2 Å². The highest BCUT2D eigenvalue weighted by Crippen LogP contribution is 2.31. The van der Waals surface area contributed by atoms with Crippen LogP contribution in [0.3, 0.4) is 0 Å². The normalized spacial score (nSPS) is 12.1. The van der Waals surface area contributed by atoms with Gasteiger partial charge in [-0.2, -0.15) is 18.3 Å². The van der Waals surface area contributed by atoms with E-state index in [2.05, 4.69) is 15.2 Å².